The van der Waals surface area contributed by atoms with Crippen molar-refractivity contribution in [1.29, 1.82) is 0 Å². The summed E-state index contributed by atoms with van der Waals surface area (Å²) >= 11 is 5.76. The first-order valence-electron chi connectivity index (χ1n) is 5.91. The number of halogens is 1. The second kappa shape index (κ2) is 5.42. The molecule has 0 aliphatic heterocycles. The topological polar surface area (TPSA) is 81.0 Å². The van der Waals surface area contributed by atoms with E-state index in [1.165, 1.54) is 6.92 Å². The first kappa shape index (κ1) is 14.2. The van der Waals surface area contributed by atoms with Crippen LogP contribution >= 0.6 is 11.6 Å². The summed E-state index contributed by atoms with van der Waals surface area (Å²) < 4.78 is 0. The normalized spacial score (nSPS) is 10.4. The smallest absolute Gasteiger partial charge is 0.332 e. The van der Waals surface area contributed by atoms with Gasteiger partial charge in [-0.25, -0.2) is 4.98 Å². The number of hydrogen-bond acceptors (Lipinski definition) is 5. The average Bonchev–Trinajstić information content (AvgIpc) is 2.32. The summed E-state index contributed by atoms with van der Waals surface area (Å²) in [6.07, 6.45) is 0. The summed E-state index contributed by atoms with van der Waals surface area (Å²) in [7, 11) is 0. The van der Waals surface area contributed by atoms with Crippen LogP contribution < -0.4 is 5.32 Å². The lowest BCUT2D eigenvalue weighted by Gasteiger charge is -2.09. The number of nitrogens with one attached hydrogen (secondary N) is 1. The third-order valence-corrected chi connectivity index (χ3v) is 3.15. The van der Waals surface area contributed by atoms with Crippen molar-refractivity contribution in [3.63, 3.8) is 0 Å². The number of nitro groups is 1. The van der Waals surface area contributed by atoms with Gasteiger partial charge in [0, 0.05) is 5.69 Å². The molecule has 0 spiro atoms. The number of nitrogens with zero attached hydrogens (tertiary/aromatic N) is 3. The van der Waals surface area contributed by atoms with Crippen LogP contribution in [0.3, 0.4) is 0 Å². The van der Waals surface area contributed by atoms with Gasteiger partial charge in [0.2, 0.25) is 11.1 Å². The van der Waals surface area contributed by atoms with Gasteiger partial charge in [0.1, 0.15) is 5.69 Å². The summed E-state index contributed by atoms with van der Waals surface area (Å²) in [6, 6.07) is 5.65. The Labute approximate surface area is 121 Å². The highest BCUT2D eigenvalue weighted by Crippen LogP contribution is 2.29. The Morgan fingerprint density at radius 1 is 1.20 bits per heavy atom. The maximum absolute atomic E-state index is 11.1. The summed E-state index contributed by atoms with van der Waals surface area (Å²) in [5, 5.41) is 14.0. The number of rotatable bonds is 3. The van der Waals surface area contributed by atoms with E-state index in [0.717, 1.165) is 11.1 Å². The molecule has 6 nitrogen and oxygen atoms in total. The molecule has 0 atom stereocenters. The summed E-state index contributed by atoms with van der Waals surface area (Å²) in [5.41, 5.74) is 2.98. The maximum atomic E-state index is 11.1. The average molecular weight is 293 g/mol. The molecule has 2 rings (SSSR count). The molecule has 0 saturated carbocycles. The van der Waals surface area contributed by atoms with Crippen LogP contribution in [0.25, 0.3) is 0 Å². The molecular formula is C13H13ClN4O2. The van der Waals surface area contributed by atoms with Crippen molar-refractivity contribution in [3.05, 3.63) is 50.4 Å². The van der Waals surface area contributed by atoms with Crippen molar-refractivity contribution >= 4 is 28.8 Å². The Balaban J connectivity index is 2.47. The molecule has 0 unspecified atom stereocenters. The predicted octanol–water partition coefficient (Wildman–Crippen LogP) is 3.71. The fourth-order valence-electron chi connectivity index (χ4n) is 1.79. The van der Waals surface area contributed by atoms with Crippen LogP contribution in [0.2, 0.25) is 5.28 Å². The maximum Gasteiger partial charge on any atom is 0.332 e. The minimum atomic E-state index is -0.519. The first-order chi connectivity index (χ1) is 9.38. The Bertz CT molecular complexity index is 688. The highest BCUT2D eigenvalue weighted by Gasteiger charge is 2.21. The first-order valence-corrected chi connectivity index (χ1v) is 6.29. The van der Waals surface area contributed by atoms with Crippen molar-refractivity contribution in [2.75, 3.05) is 5.32 Å². The van der Waals surface area contributed by atoms with Gasteiger partial charge in [-0.2, -0.15) is 4.98 Å². The van der Waals surface area contributed by atoms with E-state index in [1.807, 2.05) is 32.0 Å². The monoisotopic (exact) mass is 292 g/mol. The van der Waals surface area contributed by atoms with Crippen LogP contribution in [0, 0.1) is 30.9 Å². The zero-order chi connectivity index (χ0) is 14.9. The molecular weight excluding hydrogens is 280 g/mol. The van der Waals surface area contributed by atoms with Crippen molar-refractivity contribution < 1.29 is 4.92 Å². The third-order valence-electron chi connectivity index (χ3n) is 2.98. The standard InChI is InChI=1S/C13H13ClN4O2/c1-7-4-5-10(6-8(7)2)16-12-11(18(19)20)9(3)15-13(14)17-12/h4-6H,1-3H3,(H,15,16,17). The van der Waals surface area contributed by atoms with Crippen LogP contribution in [0.5, 0.6) is 0 Å². The molecule has 20 heavy (non-hydrogen) atoms. The number of hydrogen-bond donors (Lipinski definition) is 1. The van der Waals surface area contributed by atoms with Crippen molar-refractivity contribution in [3.8, 4) is 0 Å². The van der Waals surface area contributed by atoms with Crippen molar-refractivity contribution in [2.45, 2.75) is 20.8 Å². The van der Waals surface area contributed by atoms with Gasteiger partial charge in [0.15, 0.2) is 0 Å². The van der Waals surface area contributed by atoms with Crippen LogP contribution in [0.1, 0.15) is 16.8 Å². The van der Waals surface area contributed by atoms with E-state index >= 15 is 0 Å². The lowest BCUT2D eigenvalue weighted by Crippen LogP contribution is -2.04. The van der Waals surface area contributed by atoms with E-state index in [0.29, 0.717) is 5.69 Å². The van der Waals surface area contributed by atoms with Gasteiger partial charge < -0.3 is 5.32 Å². The van der Waals surface area contributed by atoms with Gasteiger partial charge in [0.05, 0.1) is 4.92 Å². The number of benzene rings is 1. The lowest BCUT2D eigenvalue weighted by atomic mass is 10.1. The highest BCUT2D eigenvalue weighted by atomic mass is 35.5. The molecule has 2 aromatic rings. The second-order valence-electron chi connectivity index (χ2n) is 4.46. The van der Waals surface area contributed by atoms with Gasteiger partial charge in [-0.3, -0.25) is 10.1 Å². The van der Waals surface area contributed by atoms with E-state index in [9.17, 15) is 10.1 Å². The summed E-state index contributed by atoms with van der Waals surface area (Å²) in [5.74, 6) is 0.0933. The van der Waals surface area contributed by atoms with Gasteiger partial charge in [-0.15, -0.1) is 0 Å². The van der Waals surface area contributed by atoms with Gasteiger partial charge in [-0.1, -0.05) is 6.07 Å². The number of aromatic nitrogens is 2. The van der Waals surface area contributed by atoms with E-state index in [2.05, 4.69) is 15.3 Å². The fraction of sp³-hybridized carbons (Fsp3) is 0.231. The molecule has 0 fully saturated rings. The molecule has 104 valence electrons. The molecule has 1 aromatic carbocycles. The Hall–Kier alpha value is -2.21. The van der Waals surface area contributed by atoms with Gasteiger partial charge >= 0.3 is 5.69 Å². The molecule has 0 saturated heterocycles. The number of aryl methyl sites for hydroxylation is 3. The molecule has 7 heteroatoms. The SMILES string of the molecule is Cc1ccc(Nc2nc(Cl)nc(C)c2[N+](=O)[O-])cc1C. The third kappa shape index (κ3) is 2.85. The second-order valence-corrected chi connectivity index (χ2v) is 4.79. The molecule has 0 bridgehead atoms. The van der Waals surface area contributed by atoms with Crippen LogP contribution in [-0.2, 0) is 0 Å². The van der Waals surface area contributed by atoms with E-state index in [4.69, 9.17) is 11.6 Å². The fourth-order valence-corrected chi connectivity index (χ4v) is 2.01. The van der Waals surface area contributed by atoms with E-state index in [-0.39, 0.29) is 22.5 Å². The highest BCUT2D eigenvalue weighted by molar-refractivity contribution is 6.28. The minimum absolute atomic E-state index is 0.0283. The lowest BCUT2D eigenvalue weighted by molar-refractivity contribution is -0.385. The molecule has 0 aliphatic carbocycles. The van der Waals surface area contributed by atoms with Gasteiger partial charge in [0.25, 0.3) is 0 Å². The largest absolute Gasteiger partial charge is 0.334 e. The zero-order valence-corrected chi connectivity index (χ0v) is 12.0. The molecule has 1 N–H and O–H groups in total. The van der Waals surface area contributed by atoms with Crippen molar-refractivity contribution in [1.82, 2.24) is 9.97 Å². The quantitative estimate of drug-likeness (QED) is 0.530. The molecule has 0 aliphatic rings. The summed E-state index contributed by atoms with van der Waals surface area (Å²) in [6.45, 7) is 5.48. The Morgan fingerprint density at radius 2 is 1.90 bits per heavy atom. The van der Waals surface area contributed by atoms with Crippen LogP contribution in [0.15, 0.2) is 18.2 Å². The van der Waals surface area contributed by atoms with Crippen molar-refractivity contribution in [2.24, 2.45) is 0 Å². The summed E-state index contributed by atoms with van der Waals surface area (Å²) in [4.78, 5) is 18.3. The van der Waals surface area contributed by atoms with Crippen LogP contribution in [-0.4, -0.2) is 14.9 Å². The minimum Gasteiger partial charge on any atom is -0.334 e. The Kier molecular flexibility index (Phi) is 3.85. The van der Waals surface area contributed by atoms with E-state index in [1.54, 1.807) is 0 Å². The molecule has 0 amide bonds. The molecule has 1 heterocycles. The predicted molar refractivity (Wildman–Crippen MR) is 77.6 cm³/mol. The molecule has 1 aromatic heterocycles. The number of anilines is 2. The molecule has 0 radical (unpaired) electrons. The van der Waals surface area contributed by atoms with Gasteiger partial charge in [-0.05, 0) is 55.6 Å². The Morgan fingerprint density at radius 3 is 2.50 bits per heavy atom. The zero-order valence-electron chi connectivity index (χ0n) is 11.3. The van der Waals surface area contributed by atoms with Crippen LogP contribution in [0.4, 0.5) is 17.2 Å². The van der Waals surface area contributed by atoms with E-state index < -0.39 is 4.92 Å².